The summed E-state index contributed by atoms with van der Waals surface area (Å²) in [6.45, 7) is 0.881. The Morgan fingerprint density at radius 3 is 3.00 bits per heavy atom. The highest BCUT2D eigenvalue weighted by atomic mass is 127. The number of hydrogen-bond donors (Lipinski definition) is 2. The Hall–Kier alpha value is -0.370. The summed E-state index contributed by atoms with van der Waals surface area (Å²) < 4.78 is 11.8. The summed E-state index contributed by atoms with van der Waals surface area (Å²) in [5.74, 6) is 0.403. The van der Waals surface area contributed by atoms with Crippen LogP contribution in [0.2, 0.25) is 0 Å². The van der Waals surface area contributed by atoms with Gasteiger partial charge in [-0.15, -0.1) is 35.3 Å². The number of nitrogens with one attached hydrogen (secondary N) is 1. The molecule has 0 unspecified atom stereocenters. The quantitative estimate of drug-likeness (QED) is 0.355. The van der Waals surface area contributed by atoms with Crippen molar-refractivity contribution >= 4 is 41.3 Å². The van der Waals surface area contributed by atoms with Gasteiger partial charge in [-0.1, -0.05) is 6.07 Å². The molecule has 92 valence electrons. The Morgan fingerprint density at radius 2 is 2.38 bits per heavy atom. The van der Waals surface area contributed by atoms with Gasteiger partial charge in [0.2, 0.25) is 0 Å². The van der Waals surface area contributed by atoms with Crippen molar-refractivity contribution < 1.29 is 4.39 Å². The Kier molecular flexibility index (Phi) is 9.60. The van der Waals surface area contributed by atoms with E-state index in [1.807, 2.05) is 11.4 Å². The van der Waals surface area contributed by atoms with Crippen molar-refractivity contribution in [1.82, 2.24) is 5.32 Å². The first kappa shape index (κ1) is 15.6. The Morgan fingerprint density at radius 1 is 1.56 bits per heavy atom. The second-order valence-electron chi connectivity index (χ2n) is 3.07. The van der Waals surface area contributed by atoms with E-state index >= 15 is 0 Å². The molecule has 0 aliphatic heterocycles. The van der Waals surface area contributed by atoms with Crippen LogP contribution in [0, 0.1) is 0 Å². The second-order valence-corrected chi connectivity index (χ2v) is 4.10. The van der Waals surface area contributed by atoms with Crippen LogP contribution in [0.1, 0.15) is 11.3 Å². The number of thiophene rings is 1. The molecular formula is C10H17FIN3S. The van der Waals surface area contributed by atoms with Crippen LogP contribution in [0.3, 0.4) is 0 Å². The molecular weight excluding hydrogens is 340 g/mol. The number of guanidine groups is 1. The maximum atomic E-state index is 11.8. The van der Waals surface area contributed by atoms with E-state index in [-0.39, 0.29) is 30.7 Å². The predicted molar refractivity (Wildman–Crippen MR) is 78.5 cm³/mol. The molecule has 1 aromatic rings. The lowest BCUT2D eigenvalue weighted by Crippen LogP contribution is -2.33. The van der Waals surface area contributed by atoms with E-state index in [0.29, 0.717) is 18.9 Å². The lowest BCUT2D eigenvalue weighted by atomic mass is 10.3. The third-order valence-corrected chi connectivity index (χ3v) is 2.77. The zero-order chi connectivity index (χ0) is 10.9. The molecule has 0 spiro atoms. The number of alkyl halides is 1. The normalized spacial score (nSPS) is 10.9. The lowest BCUT2D eigenvalue weighted by molar-refractivity contribution is 0.477. The van der Waals surface area contributed by atoms with Gasteiger partial charge < -0.3 is 11.1 Å². The van der Waals surface area contributed by atoms with Gasteiger partial charge in [0.25, 0.3) is 0 Å². The van der Waals surface area contributed by atoms with Gasteiger partial charge in [-0.3, -0.25) is 9.38 Å². The Balaban J connectivity index is 0.00000225. The van der Waals surface area contributed by atoms with Crippen LogP contribution in [0.5, 0.6) is 0 Å². The van der Waals surface area contributed by atoms with E-state index in [9.17, 15) is 4.39 Å². The van der Waals surface area contributed by atoms with Gasteiger partial charge in [-0.2, -0.15) is 0 Å². The number of aliphatic imine (C=N–C) groups is 1. The molecule has 0 bridgehead atoms. The van der Waals surface area contributed by atoms with E-state index in [2.05, 4.69) is 16.4 Å². The van der Waals surface area contributed by atoms with Crippen molar-refractivity contribution in [3.8, 4) is 0 Å². The number of rotatable bonds is 6. The molecule has 16 heavy (non-hydrogen) atoms. The maximum Gasteiger partial charge on any atom is 0.188 e. The molecule has 6 heteroatoms. The van der Waals surface area contributed by atoms with Gasteiger partial charge in [0, 0.05) is 18.0 Å². The third kappa shape index (κ3) is 7.00. The average Bonchev–Trinajstić information content (AvgIpc) is 2.71. The number of halogens is 2. The standard InChI is InChI=1S/C10H16FN3S.HI/c11-5-2-6-13-10(12)14-7-4-9-3-1-8-15-9;/h1,3,8H,2,4-7H2,(H3,12,13,14);1H. The van der Waals surface area contributed by atoms with Crippen LogP contribution in [-0.2, 0) is 6.42 Å². The molecule has 0 saturated carbocycles. The molecule has 0 aromatic carbocycles. The van der Waals surface area contributed by atoms with Crippen LogP contribution in [-0.4, -0.2) is 25.7 Å². The van der Waals surface area contributed by atoms with Gasteiger partial charge in [0.1, 0.15) is 0 Å². The highest BCUT2D eigenvalue weighted by Crippen LogP contribution is 2.07. The summed E-state index contributed by atoms with van der Waals surface area (Å²) in [7, 11) is 0. The van der Waals surface area contributed by atoms with E-state index < -0.39 is 0 Å². The van der Waals surface area contributed by atoms with Crippen LogP contribution < -0.4 is 11.1 Å². The summed E-state index contributed by atoms with van der Waals surface area (Å²) in [4.78, 5) is 5.30. The lowest BCUT2D eigenvalue weighted by Gasteiger charge is -2.03. The Labute approximate surface area is 116 Å². The fraction of sp³-hybridized carbons (Fsp3) is 0.500. The van der Waals surface area contributed by atoms with Crippen LogP contribution in [0.15, 0.2) is 22.5 Å². The average molecular weight is 357 g/mol. The van der Waals surface area contributed by atoms with Crippen molar-refractivity contribution in [1.29, 1.82) is 0 Å². The highest BCUT2D eigenvalue weighted by molar-refractivity contribution is 14.0. The summed E-state index contributed by atoms with van der Waals surface area (Å²) >= 11 is 1.73. The first-order valence-corrected chi connectivity index (χ1v) is 5.83. The Bertz CT molecular complexity index is 290. The van der Waals surface area contributed by atoms with Crippen LogP contribution >= 0.6 is 35.3 Å². The van der Waals surface area contributed by atoms with E-state index in [0.717, 1.165) is 13.0 Å². The first-order chi connectivity index (χ1) is 7.33. The topological polar surface area (TPSA) is 50.4 Å². The fourth-order valence-electron chi connectivity index (χ4n) is 1.08. The van der Waals surface area contributed by atoms with Gasteiger partial charge in [-0.05, 0) is 24.3 Å². The minimum absolute atomic E-state index is 0. The van der Waals surface area contributed by atoms with E-state index in [4.69, 9.17) is 5.73 Å². The van der Waals surface area contributed by atoms with Crippen molar-refractivity contribution in [3.05, 3.63) is 22.4 Å². The zero-order valence-corrected chi connectivity index (χ0v) is 12.1. The van der Waals surface area contributed by atoms with Crippen LogP contribution in [0.4, 0.5) is 4.39 Å². The predicted octanol–water partition coefficient (Wildman–Crippen LogP) is 2.17. The number of hydrogen-bond acceptors (Lipinski definition) is 2. The van der Waals surface area contributed by atoms with E-state index in [1.165, 1.54) is 4.88 Å². The summed E-state index contributed by atoms with van der Waals surface area (Å²) in [6, 6.07) is 4.11. The molecule has 1 aromatic heterocycles. The van der Waals surface area contributed by atoms with Crippen molar-refractivity contribution in [3.63, 3.8) is 0 Å². The largest absolute Gasteiger partial charge is 0.370 e. The molecule has 3 nitrogen and oxygen atoms in total. The maximum absolute atomic E-state index is 11.8. The summed E-state index contributed by atoms with van der Waals surface area (Å²) in [5.41, 5.74) is 5.57. The molecule has 0 radical (unpaired) electrons. The molecule has 0 aliphatic rings. The summed E-state index contributed by atoms with van der Waals surface area (Å²) in [6.07, 6.45) is 1.38. The van der Waals surface area contributed by atoms with Gasteiger partial charge in [0.15, 0.2) is 5.96 Å². The van der Waals surface area contributed by atoms with Gasteiger partial charge >= 0.3 is 0 Å². The molecule has 3 N–H and O–H groups in total. The smallest absolute Gasteiger partial charge is 0.188 e. The number of nitrogens with zero attached hydrogens (tertiary/aromatic N) is 1. The number of nitrogens with two attached hydrogens (primary N) is 1. The monoisotopic (exact) mass is 357 g/mol. The van der Waals surface area contributed by atoms with E-state index in [1.54, 1.807) is 11.3 Å². The van der Waals surface area contributed by atoms with Gasteiger partial charge in [0.05, 0.1) is 6.67 Å². The fourth-order valence-corrected chi connectivity index (χ4v) is 1.79. The molecule has 0 saturated heterocycles. The third-order valence-electron chi connectivity index (χ3n) is 1.83. The van der Waals surface area contributed by atoms with Crippen molar-refractivity contribution in [2.24, 2.45) is 10.7 Å². The highest BCUT2D eigenvalue weighted by Gasteiger charge is 1.94. The molecule has 0 fully saturated rings. The summed E-state index contributed by atoms with van der Waals surface area (Å²) in [5, 5.41) is 5.04. The zero-order valence-electron chi connectivity index (χ0n) is 8.99. The molecule has 1 rings (SSSR count). The molecule has 0 amide bonds. The van der Waals surface area contributed by atoms with Crippen molar-refractivity contribution in [2.75, 3.05) is 19.8 Å². The van der Waals surface area contributed by atoms with Crippen LogP contribution in [0.25, 0.3) is 0 Å². The minimum atomic E-state index is -0.341. The van der Waals surface area contributed by atoms with Gasteiger partial charge in [-0.25, -0.2) is 0 Å². The van der Waals surface area contributed by atoms with Crippen molar-refractivity contribution in [2.45, 2.75) is 12.8 Å². The SMILES string of the molecule is I.NC(=NCCCF)NCCc1cccs1. The molecule has 0 atom stereocenters. The first-order valence-electron chi connectivity index (χ1n) is 4.95. The minimum Gasteiger partial charge on any atom is -0.370 e. The molecule has 0 aliphatic carbocycles. The molecule has 1 heterocycles. The second kappa shape index (κ2) is 9.83.